The van der Waals surface area contributed by atoms with Crippen molar-refractivity contribution in [1.82, 2.24) is 15.0 Å². The van der Waals surface area contributed by atoms with Crippen molar-refractivity contribution in [3.05, 3.63) is 83.5 Å². The molecule has 0 unspecified atom stereocenters. The van der Waals surface area contributed by atoms with E-state index in [0.717, 1.165) is 38.6 Å². The molecule has 2 heterocycles. The lowest BCUT2D eigenvalue weighted by atomic mass is 10.0. The number of esters is 1. The van der Waals surface area contributed by atoms with Gasteiger partial charge in [-0.05, 0) is 36.4 Å². The van der Waals surface area contributed by atoms with E-state index in [1.165, 1.54) is 7.11 Å². The van der Waals surface area contributed by atoms with Crippen molar-refractivity contribution < 1.29 is 9.53 Å². The number of fused-ring (bicyclic) bond motifs is 2. The predicted octanol–water partition coefficient (Wildman–Crippen LogP) is 5.89. The number of benzene rings is 3. The SMILES string of the molecule is COC(=O)c1ccc2[nH]cc(-c3nc(-c4ccccc4)c4cc(Cl)ccc4n3)c2c1. The van der Waals surface area contributed by atoms with Gasteiger partial charge in [0.2, 0.25) is 0 Å². The smallest absolute Gasteiger partial charge is 0.337 e. The van der Waals surface area contributed by atoms with Crippen molar-refractivity contribution in [2.75, 3.05) is 7.11 Å². The third-order valence-corrected chi connectivity index (χ3v) is 5.28. The van der Waals surface area contributed by atoms with Crippen LogP contribution in [0.2, 0.25) is 5.02 Å². The van der Waals surface area contributed by atoms with Gasteiger partial charge >= 0.3 is 5.97 Å². The third kappa shape index (κ3) is 3.09. The first-order chi connectivity index (χ1) is 14.6. The summed E-state index contributed by atoms with van der Waals surface area (Å²) in [5.41, 5.74) is 4.74. The van der Waals surface area contributed by atoms with Crippen LogP contribution >= 0.6 is 11.6 Å². The van der Waals surface area contributed by atoms with Crippen LogP contribution in [-0.2, 0) is 4.74 Å². The van der Waals surface area contributed by atoms with E-state index in [9.17, 15) is 4.79 Å². The van der Waals surface area contributed by atoms with Gasteiger partial charge in [0.1, 0.15) is 0 Å². The number of carbonyl (C=O) groups excluding carboxylic acids is 1. The molecule has 0 aliphatic heterocycles. The van der Waals surface area contributed by atoms with E-state index < -0.39 is 0 Å². The van der Waals surface area contributed by atoms with E-state index in [2.05, 4.69) is 4.98 Å². The van der Waals surface area contributed by atoms with Gasteiger partial charge in [-0.2, -0.15) is 0 Å². The average Bonchev–Trinajstić information content (AvgIpc) is 3.21. The highest BCUT2D eigenvalue weighted by atomic mass is 35.5. The molecule has 3 aromatic carbocycles. The van der Waals surface area contributed by atoms with Crippen LogP contribution in [0, 0.1) is 0 Å². The zero-order valence-electron chi connectivity index (χ0n) is 16.0. The molecule has 0 fully saturated rings. The summed E-state index contributed by atoms with van der Waals surface area (Å²) < 4.78 is 4.86. The first kappa shape index (κ1) is 18.3. The Balaban J connectivity index is 1.78. The number of carbonyl (C=O) groups is 1. The number of aromatic nitrogens is 3. The van der Waals surface area contributed by atoms with Crippen LogP contribution in [0.4, 0.5) is 0 Å². The zero-order valence-corrected chi connectivity index (χ0v) is 16.8. The summed E-state index contributed by atoms with van der Waals surface area (Å²) in [6, 6.07) is 20.9. The molecule has 5 rings (SSSR count). The quantitative estimate of drug-likeness (QED) is 0.375. The van der Waals surface area contributed by atoms with E-state index in [4.69, 9.17) is 26.3 Å². The van der Waals surface area contributed by atoms with Crippen LogP contribution in [0.15, 0.2) is 72.9 Å². The second kappa shape index (κ2) is 7.28. The highest BCUT2D eigenvalue weighted by Crippen LogP contribution is 2.33. The molecule has 146 valence electrons. The summed E-state index contributed by atoms with van der Waals surface area (Å²) in [7, 11) is 1.37. The molecule has 30 heavy (non-hydrogen) atoms. The van der Waals surface area contributed by atoms with Crippen molar-refractivity contribution in [3.63, 3.8) is 0 Å². The summed E-state index contributed by atoms with van der Waals surface area (Å²) in [5.74, 6) is 0.181. The Bertz CT molecular complexity index is 1410. The van der Waals surface area contributed by atoms with Crippen LogP contribution in [0.25, 0.3) is 44.5 Å². The maximum absolute atomic E-state index is 12.0. The van der Waals surface area contributed by atoms with Crippen molar-refractivity contribution >= 4 is 39.4 Å². The number of methoxy groups -OCH3 is 1. The first-order valence-corrected chi connectivity index (χ1v) is 9.74. The highest BCUT2D eigenvalue weighted by molar-refractivity contribution is 6.31. The maximum atomic E-state index is 12.0. The second-order valence-corrected chi connectivity index (χ2v) is 7.31. The van der Waals surface area contributed by atoms with E-state index in [1.54, 1.807) is 12.1 Å². The lowest BCUT2D eigenvalue weighted by molar-refractivity contribution is 0.0601. The minimum absolute atomic E-state index is 0.386. The molecule has 0 aliphatic carbocycles. The molecule has 0 atom stereocenters. The molecule has 0 radical (unpaired) electrons. The topological polar surface area (TPSA) is 67.9 Å². The van der Waals surface area contributed by atoms with E-state index >= 15 is 0 Å². The number of aromatic amines is 1. The molecule has 0 saturated carbocycles. The fourth-order valence-electron chi connectivity index (χ4n) is 3.59. The largest absolute Gasteiger partial charge is 0.465 e. The highest BCUT2D eigenvalue weighted by Gasteiger charge is 2.16. The molecule has 0 spiro atoms. The monoisotopic (exact) mass is 413 g/mol. The number of rotatable bonds is 3. The van der Waals surface area contributed by atoms with E-state index in [-0.39, 0.29) is 5.97 Å². The Labute approximate surface area is 177 Å². The standard InChI is InChI=1S/C24H16ClN3O2/c1-30-24(29)15-7-9-20-17(11-15)19(13-26-20)23-27-21-10-8-16(25)12-18(21)22(28-23)14-5-3-2-4-6-14/h2-13,26H,1H3. The van der Waals surface area contributed by atoms with Gasteiger partial charge in [0.05, 0.1) is 23.9 Å². The van der Waals surface area contributed by atoms with Crippen LogP contribution in [0.3, 0.4) is 0 Å². The molecule has 0 aliphatic rings. The Hall–Kier alpha value is -3.70. The summed E-state index contributed by atoms with van der Waals surface area (Å²) in [6.45, 7) is 0. The Morgan fingerprint density at radius 3 is 2.60 bits per heavy atom. The summed E-state index contributed by atoms with van der Waals surface area (Å²) in [4.78, 5) is 24.9. The number of H-pyrrole nitrogens is 1. The molecular formula is C24H16ClN3O2. The molecule has 2 aromatic heterocycles. The van der Waals surface area contributed by atoms with Crippen LogP contribution in [0.5, 0.6) is 0 Å². The van der Waals surface area contributed by atoms with E-state index in [1.807, 2.05) is 60.8 Å². The van der Waals surface area contributed by atoms with Gasteiger partial charge in [-0.15, -0.1) is 0 Å². The molecule has 1 N–H and O–H groups in total. The van der Waals surface area contributed by atoms with Crippen molar-refractivity contribution in [3.8, 4) is 22.6 Å². The van der Waals surface area contributed by atoms with Gasteiger partial charge in [-0.1, -0.05) is 41.9 Å². The number of nitrogens with one attached hydrogen (secondary N) is 1. The Morgan fingerprint density at radius 1 is 0.967 bits per heavy atom. The number of hydrogen-bond acceptors (Lipinski definition) is 4. The number of ether oxygens (including phenoxy) is 1. The minimum Gasteiger partial charge on any atom is -0.465 e. The predicted molar refractivity (Wildman–Crippen MR) is 119 cm³/mol. The molecule has 0 bridgehead atoms. The normalized spacial score (nSPS) is 11.1. The zero-order chi connectivity index (χ0) is 20.7. The number of hydrogen-bond donors (Lipinski definition) is 1. The van der Waals surface area contributed by atoms with Gasteiger partial charge in [-0.25, -0.2) is 14.8 Å². The van der Waals surface area contributed by atoms with Gasteiger partial charge < -0.3 is 9.72 Å². The van der Waals surface area contributed by atoms with E-state index in [0.29, 0.717) is 16.4 Å². The number of halogens is 1. The number of nitrogens with zero attached hydrogens (tertiary/aromatic N) is 2. The molecule has 6 heteroatoms. The van der Waals surface area contributed by atoms with Gasteiger partial charge in [0.15, 0.2) is 5.82 Å². The van der Waals surface area contributed by atoms with Crippen LogP contribution in [-0.4, -0.2) is 28.0 Å². The molecule has 5 nitrogen and oxygen atoms in total. The minimum atomic E-state index is -0.386. The molecule has 0 saturated heterocycles. The van der Waals surface area contributed by atoms with Crippen molar-refractivity contribution in [2.45, 2.75) is 0 Å². The van der Waals surface area contributed by atoms with Crippen molar-refractivity contribution in [2.24, 2.45) is 0 Å². The average molecular weight is 414 g/mol. The summed E-state index contributed by atoms with van der Waals surface area (Å²) >= 11 is 6.25. The molecular weight excluding hydrogens is 398 g/mol. The van der Waals surface area contributed by atoms with Gasteiger partial charge in [-0.3, -0.25) is 0 Å². The lowest BCUT2D eigenvalue weighted by Gasteiger charge is -2.09. The summed E-state index contributed by atoms with van der Waals surface area (Å²) in [5, 5.41) is 2.36. The Morgan fingerprint density at radius 2 is 1.80 bits per heavy atom. The van der Waals surface area contributed by atoms with Crippen LogP contribution < -0.4 is 0 Å². The fraction of sp³-hybridized carbons (Fsp3) is 0.0417. The van der Waals surface area contributed by atoms with Gasteiger partial charge in [0, 0.05) is 38.6 Å². The summed E-state index contributed by atoms with van der Waals surface area (Å²) in [6.07, 6.45) is 1.86. The first-order valence-electron chi connectivity index (χ1n) is 9.36. The van der Waals surface area contributed by atoms with Crippen molar-refractivity contribution in [1.29, 1.82) is 0 Å². The molecule has 0 amide bonds. The second-order valence-electron chi connectivity index (χ2n) is 6.88. The maximum Gasteiger partial charge on any atom is 0.337 e. The third-order valence-electron chi connectivity index (χ3n) is 5.05. The lowest BCUT2D eigenvalue weighted by Crippen LogP contribution is -2.00. The van der Waals surface area contributed by atoms with Gasteiger partial charge in [0.25, 0.3) is 0 Å². The fourth-order valence-corrected chi connectivity index (χ4v) is 3.76. The molecule has 5 aromatic rings. The Kier molecular flexibility index (Phi) is 4.45. The van der Waals surface area contributed by atoms with Crippen LogP contribution in [0.1, 0.15) is 10.4 Å².